The van der Waals surface area contributed by atoms with Gasteiger partial charge in [0.1, 0.15) is 12.1 Å². The van der Waals surface area contributed by atoms with Crippen LogP contribution in [0.2, 0.25) is 5.02 Å². The van der Waals surface area contributed by atoms with Gasteiger partial charge in [0.2, 0.25) is 17.7 Å². The highest BCUT2D eigenvalue weighted by molar-refractivity contribution is 6.30. The van der Waals surface area contributed by atoms with E-state index in [0.29, 0.717) is 18.0 Å². The van der Waals surface area contributed by atoms with Gasteiger partial charge in [-0.1, -0.05) is 44.5 Å². The number of carbonyl (C=O) groups excluding carboxylic acids is 3. The zero-order chi connectivity index (χ0) is 21.1. The first-order valence-corrected chi connectivity index (χ1v) is 10.0. The summed E-state index contributed by atoms with van der Waals surface area (Å²) in [5.74, 6) is -0.645. The summed E-state index contributed by atoms with van der Waals surface area (Å²) in [6.45, 7) is 9.52. The first kappa shape index (κ1) is 22.2. The van der Waals surface area contributed by atoms with E-state index in [1.54, 1.807) is 17.0 Å². The van der Waals surface area contributed by atoms with E-state index in [4.69, 9.17) is 11.6 Å². The summed E-state index contributed by atoms with van der Waals surface area (Å²) in [6, 6.07) is 5.91. The molecular weight excluding hydrogens is 378 g/mol. The standard InChI is InChI=1S/C21H30ClN3O3/c1-13(15-8-10-16(22)11-9-15)23-19(27)17-7-6-12-25(17)20(28)18(21(3,4)5)24-14(2)26/h8-11,13,17-18H,6-7,12H2,1-5H3,(H,23,27)(H,24,26). The van der Waals surface area contributed by atoms with Crippen molar-refractivity contribution < 1.29 is 14.4 Å². The summed E-state index contributed by atoms with van der Waals surface area (Å²) in [7, 11) is 0. The van der Waals surface area contributed by atoms with Gasteiger partial charge in [0.25, 0.3) is 0 Å². The molecule has 0 radical (unpaired) electrons. The van der Waals surface area contributed by atoms with Crippen LogP contribution in [-0.4, -0.2) is 41.2 Å². The lowest BCUT2D eigenvalue weighted by Gasteiger charge is -2.35. The molecule has 2 N–H and O–H groups in total. The van der Waals surface area contributed by atoms with Crippen molar-refractivity contribution in [2.45, 2.75) is 65.6 Å². The average molecular weight is 408 g/mol. The van der Waals surface area contributed by atoms with Crippen LogP contribution in [-0.2, 0) is 14.4 Å². The Hall–Kier alpha value is -2.08. The predicted octanol–water partition coefficient (Wildman–Crippen LogP) is 3.06. The maximum Gasteiger partial charge on any atom is 0.246 e. The van der Waals surface area contributed by atoms with E-state index in [1.165, 1.54) is 6.92 Å². The summed E-state index contributed by atoms with van der Waals surface area (Å²) in [5.41, 5.74) is 0.489. The third-order valence-corrected chi connectivity index (χ3v) is 5.28. The number of halogens is 1. The first-order valence-electron chi connectivity index (χ1n) is 9.64. The molecular formula is C21H30ClN3O3. The molecule has 1 aromatic carbocycles. The fraction of sp³-hybridized carbons (Fsp3) is 0.571. The Kier molecular flexibility index (Phi) is 7.10. The number of benzene rings is 1. The molecule has 0 saturated carbocycles. The van der Waals surface area contributed by atoms with Gasteiger partial charge >= 0.3 is 0 Å². The molecule has 0 aliphatic carbocycles. The Morgan fingerprint density at radius 3 is 2.29 bits per heavy atom. The van der Waals surface area contributed by atoms with Gasteiger partial charge in [0.15, 0.2) is 0 Å². The lowest BCUT2D eigenvalue weighted by atomic mass is 9.85. The SMILES string of the molecule is CC(=O)NC(C(=O)N1CCCC1C(=O)NC(C)c1ccc(Cl)cc1)C(C)(C)C. The molecule has 3 atom stereocenters. The van der Waals surface area contributed by atoms with Gasteiger partial charge in [0.05, 0.1) is 6.04 Å². The lowest BCUT2D eigenvalue weighted by molar-refractivity contribution is -0.143. The third-order valence-electron chi connectivity index (χ3n) is 5.03. The number of rotatable bonds is 5. The second kappa shape index (κ2) is 8.95. The van der Waals surface area contributed by atoms with Crippen molar-refractivity contribution in [3.8, 4) is 0 Å². The van der Waals surface area contributed by atoms with E-state index in [-0.39, 0.29) is 23.8 Å². The van der Waals surface area contributed by atoms with Crippen LogP contribution in [0.5, 0.6) is 0 Å². The Bertz CT molecular complexity index is 727. The second-order valence-corrected chi connectivity index (χ2v) is 8.91. The molecule has 7 heteroatoms. The number of carbonyl (C=O) groups is 3. The summed E-state index contributed by atoms with van der Waals surface area (Å²) in [4.78, 5) is 39.2. The van der Waals surface area contributed by atoms with Crippen LogP contribution in [0.3, 0.4) is 0 Å². The topological polar surface area (TPSA) is 78.5 Å². The van der Waals surface area contributed by atoms with Crippen molar-refractivity contribution in [3.63, 3.8) is 0 Å². The van der Waals surface area contributed by atoms with E-state index in [2.05, 4.69) is 10.6 Å². The van der Waals surface area contributed by atoms with Crippen LogP contribution < -0.4 is 10.6 Å². The zero-order valence-corrected chi connectivity index (χ0v) is 18.0. The highest BCUT2D eigenvalue weighted by atomic mass is 35.5. The van der Waals surface area contributed by atoms with Gasteiger partial charge < -0.3 is 15.5 Å². The third kappa shape index (κ3) is 5.47. The van der Waals surface area contributed by atoms with Gasteiger partial charge in [0, 0.05) is 18.5 Å². The van der Waals surface area contributed by atoms with Crippen LogP contribution in [0.25, 0.3) is 0 Å². The minimum Gasteiger partial charge on any atom is -0.348 e. The summed E-state index contributed by atoms with van der Waals surface area (Å²) in [6.07, 6.45) is 1.37. The number of hydrogen-bond acceptors (Lipinski definition) is 3. The molecule has 154 valence electrons. The first-order chi connectivity index (χ1) is 13.0. The number of nitrogens with zero attached hydrogens (tertiary/aromatic N) is 1. The predicted molar refractivity (Wildman–Crippen MR) is 110 cm³/mol. The molecule has 0 bridgehead atoms. The minimum atomic E-state index is -0.674. The Morgan fingerprint density at radius 2 is 1.75 bits per heavy atom. The molecule has 6 nitrogen and oxygen atoms in total. The van der Waals surface area contributed by atoms with Crippen molar-refractivity contribution in [1.29, 1.82) is 0 Å². The number of hydrogen-bond donors (Lipinski definition) is 2. The summed E-state index contributed by atoms with van der Waals surface area (Å²) in [5, 5.41) is 6.39. The lowest BCUT2D eigenvalue weighted by Crippen LogP contribution is -2.57. The number of likely N-dealkylation sites (tertiary alicyclic amines) is 1. The molecule has 0 aromatic heterocycles. The molecule has 1 aliphatic heterocycles. The molecule has 1 aromatic rings. The van der Waals surface area contributed by atoms with E-state index in [9.17, 15) is 14.4 Å². The largest absolute Gasteiger partial charge is 0.348 e. The van der Waals surface area contributed by atoms with Crippen LogP contribution in [0, 0.1) is 5.41 Å². The van der Waals surface area contributed by atoms with Crippen molar-refractivity contribution in [1.82, 2.24) is 15.5 Å². The highest BCUT2D eigenvalue weighted by Crippen LogP contribution is 2.26. The van der Waals surface area contributed by atoms with Gasteiger partial charge in [-0.15, -0.1) is 0 Å². The van der Waals surface area contributed by atoms with E-state index >= 15 is 0 Å². The number of nitrogens with one attached hydrogen (secondary N) is 2. The van der Waals surface area contributed by atoms with Crippen LogP contribution in [0.4, 0.5) is 0 Å². The normalized spacial score (nSPS) is 19.1. The monoisotopic (exact) mass is 407 g/mol. The quantitative estimate of drug-likeness (QED) is 0.787. The molecule has 0 spiro atoms. The highest BCUT2D eigenvalue weighted by Gasteiger charge is 2.41. The van der Waals surface area contributed by atoms with E-state index in [0.717, 1.165) is 12.0 Å². The van der Waals surface area contributed by atoms with E-state index in [1.807, 2.05) is 39.8 Å². The smallest absolute Gasteiger partial charge is 0.246 e. The van der Waals surface area contributed by atoms with Crippen molar-refractivity contribution in [2.75, 3.05) is 6.54 Å². The molecule has 1 saturated heterocycles. The molecule has 1 aliphatic rings. The Labute approximate surface area is 172 Å². The van der Waals surface area contributed by atoms with Crippen LogP contribution in [0.15, 0.2) is 24.3 Å². The summed E-state index contributed by atoms with van der Waals surface area (Å²) < 4.78 is 0. The maximum atomic E-state index is 13.2. The van der Waals surface area contributed by atoms with Gasteiger partial charge in [-0.05, 0) is 42.9 Å². The average Bonchev–Trinajstić information content (AvgIpc) is 3.08. The molecule has 28 heavy (non-hydrogen) atoms. The Morgan fingerprint density at radius 1 is 1.14 bits per heavy atom. The molecule has 3 amide bonds. The van der Waals surface area contributed by atoms with Gasteiger partial charge in [-0.2, -0.15) is 0 Å². The zero-order valence-electron chi connectivity index (χ0n) is 17.2. The summed E-state index contributed by atoms with van der Waals surface area (Å²) >= 11 is 5.92. The second-order valence-electron chi connectivity index (χ2n) is 8.47. The van der Waals surface area contributed by atoms with Crippen molar-refractivity contribution >= 4 is 29.3 Å². The minimum absolute atomic E-state index is 0.177. The molecule has 1 fully saturated rings. The maximum absolute atomic E-state index is 13.2. The molecule has 3 unspecified atom stereocenters. The van der Waals surface area contributed by atoms with E-state index < -0.39 is 17.5 Å². The molecule has 2 rings (SSSR count). The van der Waals surface area contributed by atoms with Crippen molar-refractivity contribution in [3.05, 3.63) is 34.9 Å². The van der Waals surface area contributed by atoms with Crippen LogP contribution >= 0.6 is 11.6 Å². The fourth-order valence-corrected chi connectivity index (χ4v) is 3.59. The number of amides is 3. The van der Waals surface area contributed by atoms with Crippen LogP contribution in [0.1, 0.15) is 59.1 Å². The van der Waals surface area contributed by atoms with Gasteiger partial charge in [-0.3, -0.25) is 14.4 Å². The van der Waals surface area contributed by atoms with Crippen molar-refractivity contribution in [2.24, 2.45) is 5.41 Å². The molecule has 1 heterocycles. The van der Waals surface area contributed by atoms with Gasteiger partial charge in [-0.25, -0.2) is 0 Å². The fourth-order valence-electron chi connectivity index (χ4n) is 3.47. The Balaban J connectivity index is 2.11.